The minimum absolute atomic E-state index is 0.0742. The molecule has 0 saturated carbocycles. The van der Waals surface area contributed by atoms with Crippen LogP contribution in [0.5, 0.6) is 5.88 Å². The summed E-state index contributed by atoms with van der Waals surface area (Å²) < 4.78 is 0. The predicted molar refractivity (Wildman–Crippen MR) is 101 cm³/mol. The van der Waals surface area contributed by atoms with Gasteiger partial charge < -0.3 is 10.1 Å². The van der Waals surface area contributed by atoms with E-state index in [2.05, 4.69) is 26.3 Å². The van der Waals surface area contributed by atoms with Gasteiger partial charge in [-0.25, -0.2) is 4.98 Å². The first-order valence-electron chi connectivity index (χ1n) is 7.52. The molecule has 2 aromatic heterocycles. The van der Waals surface area contributed by atoms with Crippen molar-refractivity contribution in [1.82, 2.24) is 9.97 Å². The molecule has 2 N–H and O–H groups in total. The van der Waals surface area contributed by atoms with E-state index in [0.717, 1.165) is 16.8 Å². The molecule has 0 fully saturated rings. The van der Waals surface area contributed by atoms with Crippen molar-refractivity contribution in [2.24, 2.45) is 10.2 Å². The van der Waals surface area contributed by atoms with Gasteiger partial charge in [-0.1, -0.05) is 23.7 Å². The maximum Gasteiger partial charge on any atom is 0.230 e. The fraction of sp³-hybridized carbons (Fsp3) is 0. The predicted octanol–water partition coefficient (Wildman–Crippen LogP) is 5.94. The van der Waals surface area contributed by atoms with Crippen LogP contribution in [0.1, 0.15) is 5.56 Å². The largest absolute Gasteiger partial charge is 0.493 e. The fourth-order valence-electron chi connectivity index (χ4n) is 2.49. The Morgan fingerprint density at radius 1 is 1.15 bits per heavy atom. The van der Waals surface area contributed by atoms with Crippen LogP contribution in [-0.4, -0.2) is 15.1 Å². The number of nitrogens with one attached hydrogen (secondary N) is 1. The first-order chi connectivity index (χ1) is 12.6. The van der Waals surface area contributed by atoms with Gasteiger partial charge in [0.25, 0.3) is 0 Å². The van der Waals surface area contributed by atoms with Gasteiger partial charge in [-0.15, -0.1) is 21.6 Å². The van der Waals surface area contributed by atoms with Crippen LogP contribution in [0, 0.1) is 11.3 Å². The summed E-state index contributed by atoms with van der Waals surface area (Å²) in [6, 6.07) is 14.4. The van der Waals surface area contributed by atoms with Crippen LogP contribution in [0.2, 0.25) is 5.02 Å². The van der Waals surface area contributed by atoms with Crippen LogP contribution in [-0.2, 0) is 0 Å². The number of rotatable bonds is 3. The molecule has 126 valence electrons. The molecule has 2 aromatic carbocycles. The number of azo groups is 1. The number of aromatic nitrogens is 2. The van der Waals surface area contributed by atoms with Crippen LogP contribution < -0.4 is 0 Å². The van der Waals surface area contributed by atoms with E-state index in [0.29, 0.717) is 26.8 Å². The summed E-state index contributed by atoms with van der Waals surface area (Å²) >= 11 is 7.35. The van der Waals surface area contributed by atoms with Crippen LogP contribution in [0.3, 0.4) is 0 Å². The highest BCUT2D eigenvalue weighted by Crippen LogP contribution is 2.38. The molecule has 0 atom stereocenters. The van der Waals surface area contributed by atoms with Gasteiger partial charge in [0.05, 0.1) is 22.8 Å². The molecule has 0 aliphatic rings. The van der Waals surface area contributed by atoms with Crippen molar-refractivity contribution in [1.29, 1.82) is 5.26 Å². The van der Waals surface area contributed by atoms with Gasteiger partial charge in [0.2, 0.25) is 11.0 Å². The van der Waals surface area contributed by atoms with Crippen molar-refractivity contribution >= 4 is 44.7 Å². The maximum atomic E-state index is 10.0. The van der Waals surface area contributed by atoms with Crippen molar-refractivity contribution < 1.29 is 5.11 Å². The third-order valence-corrected chi connectivity index (χ3v) is 4.71. The van der Waals surface area contributed by atoms with Gasteiger partial charge in [-0.2, -0.15) is 5.26 Å². The van der Waals surface area contributed by atoms with E-state index in [-0.39, 0.29) is 5.88 Å². The van der Waals surface area contributed by atoms with E-state index >= 15 is 0 Å². The molecular weight excluding hydrogens is 370 g/mol. The Morgan fingerprint density at radius 3 is 2.73 bits per heavy atom. The lowest BCUT2D eigenvalue weighted by molar-refractivity contribution is 0.459. The highest BCUT2D eigenvalue weighted by Gasteiger charge is 2.11. The van der Waals surface area contributed by atoms with Gasteiger partial charge in [-0.05, 0) is 30.3 Å². The molecule has 0 unspecified atom stereocenters. The zero-order chi connectivity index (χ0) is 18.1. The maximum absolute atomic E-state index is 10.0. The summed E-state index contributed by atoms with van der Waals surface area (Å²) in [5.74, 6) is -0.0742. The molecule has 0 spiro atoms. The number of aromatic hydroxyl groups is 1. The van der Waals surface area contributed by atoms with Crippen molar-refractivity contribution in [2.75, 3.05) is 0 Å². The standard InChI is InChI=1S/C18H10ClN5OS/c19-12-5-6-14-13(7-12)16(17(25)21-14)23-24-18-22-15(9-26-18)11-3-1-10(8-20)2-4-11/h1-7,9,21,25H. The van der Waals surface area contributed by atoms with E-state index in [4.69, 9.17) is 16.9 Å². The second-order valence-corrected chi connectivity index (χ2v) is 6.69. The minimum atomic E-state index is -0.0742. The molecule has 8 heteroatoms. The Labute approximate surface area is 157 Å². The SMILES string of the molecule is N#Cc1ccc(-c2csc(N=Nc3c(O)[nH]c4ccc(Cl)cc34)n2)cc1. The fourth-order valence-corrected chi connectivity index (χ4v) is 3.30. The molecular formula is C18H10ClN5OS. The third kappa shape index (κ3) is 3.04. The van der Waals surface area contributed by atoms with Gasteiger partial charge in [-0.3, -0.25) is 0 Å². The molecule has 6 nitrogen and oxygen atoms in total. The number of nitriles is 1. The van der Waals surface area contributed by atoms with Gasteiger partial charge >= 0.3 is 0 Å². The van der Waals surface area contributed by atoms with Crippen molar-refractivity contribution in [3.05, 3.63) is 58.4 Å². The molecule has 4 rings (SSSR count). The Hall–Kier alpha value is -3.21. The number of halogens is 1. The lowest BCUT2D eigenvalue weighted by atomic mass is 10.1. The summed E-state index contributed by atoms with van der Waals surface area (Å²) in [6.45, 7) is 0. The van der Waals surface area contributed by atoms with Crippen LogP contribution in [0.15, 0.2) is 58.1 Å². The van der Waals surface area contributed by atoms with Crippen molar-refractivity contribution in [2.45, 2.75) is 0 Å². The van der Waals surface area contributed by atoms with Gasteiger partial charge in [0, 0.05) is 21.4 Å². The number of thiazole rings is 1. The first kappa shape index (κ1) is 16.3. The second-order valence-electron chi connectivity index (χ2n) is 5.42. The lowest BCUT2D eigenvalue weighted by Gasteiger charge is -1.95. The van der Waals surface area contributed by atoms with Crippen molar-refractivity contribution in [3.63, 3.8) is 0 Å². The van der Waals surface area contributed by atoms with E-state index in [1.807, 2.05) is 17.5 Å². The molecule has 0 radical (unpaired) electrons. The zero-order valence-electron chi connectivity index (χ0n) is 13.1. The quantitative estimate of drug-likeness (QED) is 0.431. The summed E-state index contributed by atoms with van der Waals surface area (Å²) in [5.41, 5.74) is 3.27. The lowest BCUT2D eigenvalue weighted by Crippen LogP contribution is -1.78. The molecule has 26 heavy (non-hydrogen) atoms. The van der Waals surface area contributed by atoms with Gasteiger partial charge in [0.1, 0.15) is 0 Å². The average molecular weight is 380 g/mol. The number of hydrogen-bond acceptors (Lipinski definition) is 6. The summed E-state index contributed by atoms with van der Waals surface area (Å²) in [6.07, 6.45) is 0. The Bertz CT molecular complexity index is 1170. The number of fused-ring (bicyclic) bond motifs is 1. The van der Waals surface area contributed by atoms with E-state index in [1.165, 1.54) is 11.3 Å². The molecule has 4 aromatic rings. The highest BCUT2D eigenvalue weighted by atomic mass is 35.5. The number of aromatic amines is 1. The van der Waals surface area contributed by atoms with Crippen LogP contribution in [0.4, 0.5) is 10.8 Å². The Balaban J connectivity index is 1.64. The van der Waals surface area contributed by atoms with Crippen LogP contribution >= 0.6 is 22.9 Å². The normalized spacial score (nSPS) is 11.2. The highest BCUT2D eigenvalue weighted by molar-refractivity contribution is 7.13. The van der Waals surface area contributed by atoms with E-state index < -0.39 is 0 Å². The number of nitrogens with zero attached hydrogens (tertiary/aromatic N) is 4. The number of hydrogen-bond donors (Lipinski definition) is 2. The molecule has 0 amide bonds. The molecule has 0 bridgehead atoms. The van der Waals surface area contributed by atoms with Crippen molar-refractivity contribution in [3.8, 4) is 23.2 Å². The summed E-state index contributed by atoms with van der Waals surface area (Å²) in [5, 5.41) is 30.7. The second kappa shape index (κ2) is 6.59. The molecule has 0 aliphatic carbocycles. The average Bonchev–Trinajstić information content (AvgIpc) is 3.24. The van der Waals surface area contributed by atoms with Crippen LogP contribution in [0.25, 0.3) is 22.2 Å². The zero-order valence-corrected chi connectivity index (χ0v) is 14.7. The molecule has 2 heterocycles. The first-order valence-corrected chi connectivity index (χ1v) is 8.78. The monoisotopic (exact) mass is 379 g/mol. The van der Waals surface area contributed by atoms with E-state index in [1.54, 1.807) is 30.3 Å². The molecule has 0 saturated heterocycles. The minimum Gasteiger partial charge on any atom is -0.493 e. The van der Waals surface area contributed by atoms with Gasteiger partial charge in [0.15, 0.2) is 5.69 Å². The smallest absolute Gasteiger partial charge is 0.230 e. The summed E-state index contributed by atoms with van der Waals surface area (Å²) in [4.78, 5) is 7.25. The topological polar surface area (TPSA) is 97.4 Å². The number of H-pyrrole nitrogens is 1. The number of benzene rings is 2. The Morgan fingerprint density at radius 2 is 1.96 bits per heavy atom. The molecule has 0 aliphatic heterocycles. The third-order valence-electron chi connectivity index (χ3n) is 3.75. The Kier molecular flexibility index (Phi) is 4.13. The van der Waals surface area contributed by atoms with E-state index in [9.17, 15) is 5.11 Å². The summed E-state index contributed by atoms with van der Waals surface area (Å²) in [7, 11) is 0.